The normalized spacial score (nSPS) is 25.8. The van der Waals surface area contributed by atoms with E-state index in [-0.39, 0.29) is 18.0 Å². The van der Waals surface area contributed by atoms with Crippen molar-refractivity contribution in [2.75, 3.05) is 13.2 Å². The van der Waals surface area contributed by atoms with Crippen molar-refractivity contribution in [3.05, 3.63) is 29.8 Å². The van der Waals surface area contributed by atoms with Crippen LogP contribution in [0.1, 0.15) is 31.9 Å². The van der Waals surface area contributed by atoms with Gasteiger partial charge in [-0.15, -0.1) is 0 Å². The zero-order valence-electron chi connectivity index (χ0n) is 11.4. The maximum absolute atomic E-state index is 12.4. The Hall–Kier alpha value is -1.55. The number of hydrogen-bond acceptors (Lipinski definition) is 3. The van der Waals surface area contributed by atoms with E-state index in [0.717, 1.165) is 24.3 Å². The minimum atomic E-state index is -0.0345. The minimum Gasteiger partial charge on any atom is -0.491 e. The van der Waals surface area contributed by atoms with Crippen molar-refractivity contribution in [3.63, 3.8) is 0 Å². The Morgan fingerprint density at radius 2 is 2.16 bits per heavy atom. The lowest BCUT2D eigenvalue weighted by Crippen LogP contribution is -2.42. The first-order valence-corrected chi connectivity index (χ1v) is 6.95. The summed E-state index contributed by atoms with van der Waals surface area (Å²) in [5, 5.41) is 3.34. The van der Waals surface area contributed by atoms with Crippen LogP contribution in [0, 0.1) is 0 Å². The second kappa shape index (κ2) is 4.85. The van der Waals surface area contributed by atoms with Crippen molar-refractivity contribution in [1.29, 1.82) is 0 Å². The average molecular weight is 260 g/mol. The number of fused-ring (bicyclic) bond motifs is 1. The summed E-state index contributed by atoms with van der Waals surface area (Å²) in [6.07, 6.45) is 0.885. The molecule has 1 aromatic carbocycles. The van der Waals surface area contributed by atoms with Crippen LogP contribution in [0.3, 0.4) is 0 Å². The fourth-order valence-corrected chi connectivity index (χ4v) is 2.97. The first kappa shape index (κ1) is 12.5. The zero-order chi connectivity index (χ0) is 13.4. The summed E-state index contributed by atoms with van der Waals surface area (Å²) in [6.45, 7) is 5.54. The Bertz CT molecular complexity index is 487. The van der Waals surface area contributed by atoms with Crippen LogP contribution < -0.4 is 10.1 Å². The molecule has 1 N–H and O–H groups in total. The molecule has 0 radical (unpaired) electrons. The number of likely N-dealkylation sites (tertiary alicyclic amines) is 1. The third-order valence-corrected chi connectivity index (χ3v) is 3.83. The predicted molar refractivity (Wildman–Crippen MR) is 73.1 cm³/mol. The van der Waals surface area contributed by atoms with E-state index in [9.17, 15) is 4.79 Å². The maximum atomic E-state index is 12.4. The number of rotatable bonds is 3. The van der Waals surface area contributed by atoms with Gasteiger partial charge in [0.1, 0.15) is 12.4 Å². The fourth-order valence-electron chi connectivity index (χ4n) is 2.97. The molecule has 4 nitrogen and oxygen atoms in total. The molecule has 2 unspecified atom stereocenters. The van der Waals surface area contributed by atoms with Gasteiger partial charge in [0, 0.05) is 18.2 Å². The van der Waals surface area contributed by atoms with Crippen molar-refractivity contribution in [3.8, 4) is 5.75 Å². The van der Waals surface area contributed by atoms with Crippen molar-refractivity contribution in [1.82, 2.24) is 10.2 Å². The number of benzene rings is 1. The van der Waals surface area contributed by atoms with E-state index in [2.05, 4.69) is 25.2 Å². The van der Waals surface area contributed by atoms with E-state index in [1.54, 1.807) is 0 Å². The summed E-state index contributed by atoms with van der Waals surface area (Å²) in [6, 6.07) is 8.39. The number of hydrogen-bond donors (Lipinski definition) is 1. The summed E-state index contributed by atoms with van der Waals surface area (Å²) in [7, 11) is 0. The molecule has 3 rings (SSSR count). The molecule has 2 heterocycles. The van der Waals surface area contributed by atoms with Gasteiger partial charge >= 0.3 is 0 Å². The third-order valence-electron chi connectivity index (χ3n) is 3.83. The molecule has 2 atom stereocenters. The molecule has 102 valence electrons. The molecule has 19 heavy (non-hydrogen) atoms. The van der Waals surface area contributed by atoms with Gasteiger partial charge in [-0.05, 0) is 12.5 Å². The van der Waals surface area contributed by atoms with Gasteiger partial charge in [0.2, 0.25) is 5.91 Å². The highest BCUT2D eigenvalue weighted by atomic mass is 16.5. The average Bonchev–Trinajstić information content (AvgIpc) is 2.94. The van der Waals surface area contributed by atoms with Crippen LogP contribution in [0.15, 0.2) is 24.3 Å². The van der Waals surface area contributed by atoms with Gasteiger partial charge in [0.15, 0.2) is 0 Å². The molecule has 1 saturated heterocycles. The molecular formula is C15H20N2O2. The van der Waals surface area contributed by atoms with Gasteiger partial charge in [-0.3, -0.25) is 4.79 Å². The molecule has 2 aliphatic heterocycles. The van der Waals surface area contributed by atoms with Crippen molar-refractivity contribution < 1.29 is 9.53 Å². The summed E-state index contributed by atoms with van der Waals surface area (Å²) in [5.41, 5.74) is 1.14. The lowest BCUT2D eigenvalue weighted by atomic mass is 10.1. The Morgan fingerprint density at radius 1 is 1.37 bits per heavy atom. The number of ether oxygens (including phenoxy) is 1. The highest BCUT2D eigenvalue weighted by Gasteiger charge is 2.39. The van der Waals surface area contributed by atoms with Gasteiger partial charge < -0.3 is 15.0 Å². The standard InChI is InChI=1S/C15H20N2O2/c1-10(2)16-12-7-8-17(15(12)18)13-9-19-14-6-4-3-5-11(13)14/h3-6,10,12-13,16H,7-9H2,1-2H3. The summed E-state index contributed by atoms with van der Waals surface area (Å²) < 4.78 is 5.67. The lowest BCUT2D eigenvalue weighted by molar-refractivity contribution is -0.131. The second-order valence-corrected chi connectivity index (χ2v) is 5.56. The molecule has 1 aromatic rings. The van der Waals surface area contributed by atoms with Crippen LogP contribution in [0.25, 0.3) is 0 Å². The second-order valence-electron chi connectivity index (χ2n) is 5.56. The zero-order valence-corrected chi connectivity index (χ0v) is 11.4. The van der Waals surface area contributed by atoms with E-state index in [1.165, 1.54) is 0 Å². The quantitative estimate of drug-likeness (QED) is 0.899. The van der Waals surface area contributed by atoms with Gasteiger partial charge in [-0.2, -0.15) is 0 Å². The molecule has 0 bridgehead atoms. The minimum absolute atomic E-state index is 0.0345. The smallest absolute Gasteiger partial charge is 0.240 e. The molecule has 0 spiro atoms. The molecule has 0 aromatic heterocycles. The Kier molecular flexibility index (Phi) is 3.19. The van der Waals surface area contributed by atoms with E-state index < -0.39 is 0 Å². The third kappa shape index (κ3) is 2.21. The van der Waals surface area contributed by atoms with Gasteiger partial charge in [-0.1, -0.05) is 32.0 Å². The van der Waals surface area contributed by atoms with Crippen LogP contribution >= 0.6 is 0 Å². The Balaban J connectivity index is 1.77. The molecule has 1 amide bonds. The molecule has 4 heteroatoms. The molecule has 1 fully saturated rings. The van der Waals surface area contributed by atoms with Crippen LogP contribution in [-0.2, 0) is 4.79 Å². The van der Waals surface area contributed by atoms with Gasteiger partial charge in [0.05, 0.1) is 12.1 Å². The molecule has 0 aliphatic carbocycles. The predicted octanol–water partition coefficient (Wildman–Crippen LogP) is 1.72. The number of carbonyl (C=O) groups is 1. The van der Waals surface area contributed by atoms with Gasteiger partial charge in [-0.25, -0.2) is 0 Å². The number of nitrogens with one attached hydrogen (secondary N) is 1. The van der Waals surface area contributed by atoms with E-state index in [4.69, 9.17) is 4.74 Å². The lowest BCUT2D eigenvalue weighted by Gasteiger charge is -2.24. The maximum Gasteiger partial charge on any atom is 0.240 e. The number of carbonyl (C=O) groups excluding carboxylic acids is 1. The number of para-hydroxylation sites is 1. The van der Waals surface area contributed by atoms with Gasteiger partial charge in [0.25, 0.3) is 0 Å². The fraction of sp³-hybridized carbons (Fsp3) is 0.533. The molecule has 0 saturated carbocycles. The highest BCUT2D eigenvalue weighted by molar-refractivity contribution is 5.84. The van der Waals surface area contributed by atoms with Crippen LogP contribution in [0.5, 0.6) is 5.75 Å². The molecule has 2 aliphatic rings. The summed E-state index contributed by atoms with van der Waals surface area (Å²) in [4.78, 5) is 14.4. The van der Waals surface area contributed by atoms with E-state index in [1.807, 2.05) is 23.1 Å². The van der Waals surface area contributed by atoms with Crippen LogP contribution in [0.2, 0.25) is 0 Å². The summed E-state index contributed by atoms with van der Waals surface area (Å²) in [5.74, 6) is 1.12. The number of nitrogens with zero attached hydrogens (tertiary/aromatic N) is 1. The van der Waals surface area contributed by atoms with Crippen molar-refractivity contribution in [2.45, 2.75) is 38.4 Å². The highest BCUT2D eigenvalue weighted by Crippen LogP contribution is 2.37. The van der Waals surface area contributed by atoms with Crippen molar-refractivity contribution >= 4 is 5.91 Å². The monoisotopic (exact) mass is 260 g/mol. The Morgan fingerprint density at radius 3 is 2.95 bits per heavy atom. The van der Waals surface area contributed by atoms with E-state index >= 15 is 0 Å². The first-order valence-electron chi connectivity index (χ1n) is 6.95. The van der Waals surface area contributed by atoms with E-state index in [0.29, 0.717) is 12.6 Å². The SMILES string of the molecule is CC(C)NC1CCN(C2COc3ccccc32)C1=O. The first-order chi connectivity index (χ1) is 9.16. The number of amides is 1. The summed E-state index contributed by atoms with van der Waals surface area (Å²) >= 11 is 0. The molecular weight excluding hydrogens is 240 g/mol. The van der Waals surface area contributed by atoms with Crippen LogP contribution in [-0.4, -0.2) is 36.0 Å². The largest absolute Gasteiger partial charge is 0.491 e. The topological polar surface area (TPSA) is 41.6 Å². The van der Waals surface area contributed by atoms with Crippen LogP contribution in [0.4, 0.5) is 0 Å². The van der Waals surface area contributed by atoms with Crippen molar-refractivity contribution in [2.24, 2.45) is 0 Å². The Labute approximate surface area is 113 Å².